The maximum atomic E-state index is 11.8. The molecule has 5 nitrogen and oxygen atoms in total. The fraction of sp³-hybridized carbons (Fsp3) is 0.250. The Labute approximate surface area is 158 Å². The Hall–Kier alpha value is -2.66. The van der Waals surface area contributed by atoms with Gasteiger partial charge in [0.2, 0.25) is 11.8 Å². The van der Waals surface area contributed by atoms with Gasteiger partial charge >= 0.3 is 0 Å². The molecule has 0 atom stereocenters. The highest BCUT2D eigenvalue weighted by Gasteiger charge is 2.06. The minimum absolute atomic E-state index is 0.0586. The van der Waals surface area contributed by atoms with E-state index in [2.05, 4.69) is 29.7 Å². The molecule has 0 fully saturated rings. The smallest absolute Gasteiger partial charge is 0.240 e. The van der Waals surface area contributed by atoms with E-state index in [1.54, 1.807) is 30.5 Å². The van der Waals surface area contributed by atoms with E-state index in [-0.39, 0.29) is 24.7 Å². The molecule has 2 N–H and O–H groups in total. The Kier molecular flexibility index (Phi) is 7.36. The molecule has 0 aromatic heterocycles. The van der Waals surface area contributed by atoms with Gasteiger partial charge in [0.05, 0.1) is 6.21 Å². The molecule has 136 valence electrons. The molecule has 2 amide bonds. The molecule has 0 spiro atoms. The van der Waals surface area contributed by atoms with Gasteiger partial charge in [0, 0.05) is 23.6 Å². The number of carbonyl (C=O) groups is 2. The lowest BCUT2D eigenvalue weighted by Gasteiger charge is -2.05. The van der Waals surface area contributed by atoms with E-state index in [0.29, 0.717) is 16.6 Å². The SMILES string of the molecule is CC(C)c1ccc(/C=N/NC(=O)CCC(=O)Nc2ccc(Cl)cc2)cc1. The van der Waals surface area contributed by atoms with Crippen LogP contribution in [0.5, 0.6) is 0 Å². The van der Waals surface area contributed by atoms with Gasteiger partial charge in [-0.2, -0.15) is 5.10 Å². The highest BCUT2D eigenvalue weighted by molar-refractivity contribution is 6.30. The van der Waals surface area contributed by atoms with Crippen molar-refractivity contribution >= 4 is 35.3 Å². The molecule has 0 aliphatic heterocycles. The van der Waals surface area contributed by atoms with Crippen molar-refractivity contribution in [3.8, 4) is 0 Å². The molecule has 0 bridgehead atoms. The first-order valence-electron chi connectivity index (χ1n) is 8.41. The summed E-state index contributed by atoms with van der Waals surface area (Å²) in [6, 6.07) is 14.8. The second-order valence-electron chi connectivity index (χ2n) is 6.17. The predicted octanol–water partition coefficient (Wildman–Crippen LogP) is 4.33. The van der Waals surface area contributed by atoms with Crippen molar-refractivity contribution in [1.82, 2.24) is 5.43 Å². The summed E-state index contributed by atoms with van der Waals surface area (Å²) in [4.78, 5) is 23.6. The van der Waals surface area contributed by atoms with Crippen LogP contribution in [0.3, 0.4) is 0 Å². The number of hydrogen-bond acceptors (Lipinski definition) is 3. The number of hydrogen-bond donors (Lipinski definition) is 2. The minimum Gasteiger partial charge on any atom is -0.326 e. The first-order valence-corrected chi connectivity index (χ1v) is 8.79. The maximum absolute atomic E-state index is 11.8. The summed E-state index contributed by atoms with van der Waals surface area (Å²) in [6.45, 7) is 4.26. The van der Waals surface area contributed by atoms with Crippen molar-refractivity contribution in [2.45, 2.75) is 32.6 Å². The van der Waals surface area contributed by atoms with Gasteiger partial charge in [-0.3, -0.25) is 9.59 Å². The molecule has 0 radical (unpaired) electrons. The van der Waals surface area contributed by atoms with Crippen molar-refractivity contribution in [2.75, 3.05) is 5.32 Å². The van der Waals surface area contributed by atoms with Gasteiger partial charge in [-0.25, -0.2) is 5.43 Å². The number of carbonyl (C=O) groups excluding carboxylic acids is 2. The van der Waals surface area contributed by atoms with Crippen LogP contribution in [-0.4, -0.2) is 18.0 Å². The quantitative estimate of drug-likeness (QED) is 0.561. The van der Waals surface area contributed by atoms with Crippen molar-refractivity contribution in [3.63, 3.8) is 0 Å². The summed E-state index contributed by atoms with van der Waals surface area (Å²) in [5.74, 6) is -0.0817. The van der Waals surface area contributed by atoms with E-state index < -0.39 is 0 Å². The van der Waals surface area contributed by atoms with Crippen molar-refractivity contribution < 1.29 is 9.59 Å². The molecule has 6 heteroatoms. The van der Waals surface area contributed by atoms with E-state index in [1.807, 2.05) is 24.3 Å². The van der Waals surface area contributed by atoms with Crippen LogP contribution in [0.4, 0.5) is 5.69 Å². The normalized spacial score (nSPS) is 10.9. The molecule has 0 saturated heterocycles. The Bertz CT molecular complexity index is 769. The maximum Gasteiger partial charge on any atom is 0.240 e. The predicted molar refractivity (Wildman–Crippen MR) is 106 cm³/mol. The highest BCUT2D eigenvalue weighted by Crippen LogP contribution is 2.14. The number of halogens is 1. The number of hydrazone groups is 1. The minimum atomic E-state index is -0.314. The van der Waals surface area contributed by atoms with Gasteiger partial charge in [0.1, 0.15) is 0 Å². The summed E-state index contributed by atoms with van der Waals surface area (Å²) in [5, 5.41) is 7.22. The van der Waals surface area contributed by atoms with Gasteiger partial charge in [-0.05, 0) is 41.3 Å². The first kappa shape index (κ1) is 19.7. The van der Waals surface area contributed by atoms with Crippen molar-refractivity contribution in [3.05, 3.63) is 64.7 Å². The molecule has 0 heterocycles. The topological polar surface area (TPSA) is 70.6 Å². The van der Waals surface area contributed by atoms with Crippen LogP contribution in [0.1, 0.15) is 43.7 Å². The second kappa shape index (κ2) is 9.73. The molecule has 0 saturated carbocycles. The van der Waals surface area contributed by atoms with Crippen LogP contribution < -0.4 is 10.7 Å². The fourth-order valence-electron chi connectivity index (χ4n) is 2.19. The Morgan fingerprint density at radius 3 is 2.23 bits per heavy atom. The molecule has 0 aliphatic rings. The number of nitrogens with zero attached hydrogens (tertiary/aromatic N) is 1. The molecule has 0 aliphatic carbocycles. The summed E-state index contributed by atoms with van der Waals surface area (Å²) in [5.41, 5.74) is 5.22. The standard InChI is InChI=1S/C20H22ClN3O2/c1-14(2)16-5-3-15(4-6-16)13-22-24-20(26)12-11-19(25)23-18-9-7-17(21)8-10-18/h3-10,13-14H,11-12H2,1-2H3,(H,23,25)(H,24,26)/b22-13+. The van der Waals surface area contributed by atoms with Crippen LogP contribution in [0.15, 0.2) is 53.6 Å². The lowest BCUT2D eigenvalue weighted by atomic mass is 10.0. The van der Waals surface area contributed by atoms with E-state index in [0.717, 1.165) is 5.56 Å². The van der Waals surface area contributed by atoms with Crippen LogP contribution in [-0.2, 0) is 9.59 Å². The summed E-state index contributed by atoms with van der Waals surface area (Å²) >= 11 is 5.79. The number of rotatable bonds is 7. The number of amides is 2. The zero-order chi connectivity index (χ0) is 18.9. The van der Waals surface area contributed by atoms with Crippen molar-refractivity contribution in [2.24, 2.45) is 5.10 Å². The molecule has 26 heavy (non-hydrogen) atoms. The second-order valence-corrected chi connectivity index (χ2v) is 6.61. The Morgan fingerprint density at radius 2 is 1.62 bits per heavy atom. The van der Waals surface area contributed by atoms with E-state index in [1.165, 1.54) is 5.56 Å². The van der Waals surface area contributed by atoms with Crippen molar-refractivity contribution in [1.29, 1.82) is 0 Å². The number of anilines is 1. The molecular formula is C20H22ClN3O2. The third kappa shape index (κ3) is 6.69. The molecule has 2 rings (SSSR count). The van der Waals surface area contributed by atoms with Gasteiger partial charge in [-0.15, -0.1) is 0 Å². The van der Waals surface area contributed by atoms with E-state index >= 15 is 0 Å². The summed E-state index contributed by atoms with van der Waals surface area (Å²) in [7, 11) is 0. The lowest BCUT2D eigenvalue weighted by molar-refractivity contribution is -0.124. The fourth-order valence-corrected chi connectivity index (χ4v) is 2.31. The molecule has 2 aromatic rings. The van der Waals surface area contributed by atoms with Crippen LogP contribution >= 0.6 is 11.6 Å². The van der Waals surface area contributed by atoms with E-state index in [4.69, 9.17) is 11.6 Å². The van der Waals surface area contributed by atoms with Crippen LogP contribution in [0.25, 0.3) is 0 Å². The lowest BCUT2D eigenvalue weighted by Crippen LogP contribution is -2.20. The average Bonchev–Trinajstić information content (AvgIpc) is 2.62. The summed E-state index contributed by atoms with van der Waals surface area (Å²) in [6.07, 6.45) is 1.71. The summed E-state index contributed by atoms with van der Waals surface area (Å²) < 4.78 is 0. The molecule has 2 aromatic carbocycles. The molecule has 0 unspecified atom stereocenters. The zero-order valence-electron chi connectivity index (χ0n) is 14.8. The first-order chi connectivity index (χ1) is 12.4. The monoisotopic (exact) mass is 371 g/mol. The third-order valence-electron chi connectivity index (χ3n) is 3.71. The largest absolute Gasteiger partial charge is 0.326 e. The van der Waals surface area contributed by atoms with Gasteiger partial charge in [0.25, 0.3) is 0 Å². The molecular weight excluding hydrogens is 350 g/mol. The number of nitrogens with one attached hydrogen (secondary N) is 2. The zero-order valence-corrected chi connectivity index (χ0v) is 15.6. The van der Waals surface area contributed by atoms with Gasteiger partial charge in [0.15, 0.2) is 0 Å². The Morgan fingerprint density at radius 1 is 1.00 bits per heavy atom. The Balaban J connectivity index is 1.72. The van der Waals surface area contributed by atoms with Gasteiger partial charge in [-0.1, -0.05) is 49.7 Å². The van der Waals surface area contributed by atoms with Gasteiger partial charge < -0.3 is 5.32 Å². The van der Waals surface area contributed by atoms with Crippen LogP contribution in [0.2, 0.25) is 5.02 Å². The number of benzene rings is 2. The third-order valence-corrected chi connectivity index (χ3v) is 3.97. The van der Waals surface area contributed by atoms with Crippen LogP contribution in [0, 0.1) is 0 Å². The highest BCUT2D eigenvalue weighted by atomic mass is 35.5. The van der Waals surface area contributed by atoms with E-state index in [9.17, 15) is 9.59 Å². The average molecular weight is 372 g/mol.